The number of hydrogen-bond donors (Lipinski definition) is 1. The number of rotatable bonds is 8. The van der Waals surface area contributed by atoms with E-state index in [1.807, 2.05) is 0 Å². The van der Waals surface area contributed by atoms with Crippen LogP contribution in [0.4, 0.5) is 21.9 Å². The number of urea groups is 1. The minimum Gasteiger partial charge on any atom is -0.493 e. The Morgan fingerprint density at radius 1 is 0.949 bits per heavy atom. The Balaban J connectivity index is 1.60. The molecule has 3 aromatic rings. The van der Waals surface area contributed by atoms with Gasteiger partial charge in [0.05, 0.1) is 27.1 Å². The van der Waals surface area contributed by atoms with Gasteiger partial charge in [0.1, 0.15) is 12.2 Å². The van der Waals surface area contributed by atoms with Crippen LogP contribution >= 0.6 is 15.9 Å². The van der Waals surface area contributed by atoms with Crippen LogP contribution in [-0.4, -0.2) is 34.8 Å². The molecule has 0 radical (unpaired) electrons. The number of nitro benzene ring substituents is 2. The number of barbiturate groups is 1. The number of anilines is 1. The van der Waals surface area contributed by atoms with Crippen molar-refractivity contribution in [2.45, 2.75) is 6.61 Å². The Morgan fingerprint density at radius 3 is 2.10 bits per heavy atom. The second-order valence-corrected chi connectivity index (χ2v) is 8.83. The van der Waals surface area contributed by atoms with Crippen LogP contribution in [0.25, 0.3) is 6.08 Å². The number of carbonyl (C=O) groups is 3. The lowest BCUT2D eigenvalue weighted by Crippen LogP contribution is -2.54. The first kappa shape index (κ1) is 26.9. The molecule has 0 bridgehead atoms. The van der Waals surface area contributed by atoms with Crippen molar-refractivity contribution < 1.29 is 33.7 Å². The SMILES string of the molecule is COc1cc(/C=C2\C(=O)NC(=O)N(c3ccc([N+](=O)[O-])cc3)C2=O)cc(Br)c1OCc1ccc([N+](=O)[O-])cc1. The van der Waals surface area contributed by atoms with Gasteiger partial charge in [-0.3, -0.25) is 35.1 Å². The van der Waals surface area contributed by atoms with Crippen molar-refractivity contribution in [2.75, 3.05) is 12.0 Å². The van der Waals surface area contributed by atoms with Crippen molar-refractivity contribution in [2.24, 2.45) is 0 Å². The third-order valence-electron chi connectivity index (χ3n) is 5.51. The van der Waals surface area contributed by atoms with Crippen LogP contribution in [0.15, 0.2) is 70.7 Å². The van der Waals surface area contributed by atoms with Gasteiger partial charge in [-0.25, -0.2) is 9.69 Å². The first-order chi connectivity index (χ1) is 18.6. The first-order valence-corrected chi connectivity index (χ1v) is 11.8. The Hall–Kier alpha value is -5.11. The maximum Gasteiger partial charge on any atom is 0.335 e. The molecule has 39 heavy (non-hydrogen) atoms. The summed E-state index contributed by atoms with van der Waals surface area (Å²) < 4.78 is 11.7. The molecule has 4 rings (SSSR count). The summed E-state index contributed by atoms with van der Waals surface area (Å²) in [6.45, 7) is 0.0700. The van der Waals surface area contributed by atoms with E-state index < -0.39 is 27.7 Å². The molecule has 14 heteroatoms. The largest absolute Gasteiger partial charge is 0.493 e. The zero-order valence-electron chi connectivity index (χ0n) is 20.0. The molecule has 0 aliphatic carbocycles. The summed E-state index contributed by atoms with van der Waals surface area (Å²) in [7, 11) is 1.39. The van der Waals surface area contributed by atoms with Gasteiger partial charge in [-0.1, -0.05) is 0 Å². The second-order valence-electron chi connectivity index (χ2n) is 7.98. The van der Waals surface area contributed by atoms with E-state index in [-0.39, 0.29) is 35.0 Å². The first-order valence-electron chi connectivity index (χ1n) is 11.0. The number of nitro groups is 2. The standard InChI is InChI=1S/C25H17BrN4O9/c1-38-21-12-15(11-20(26)22(21)39-13-14-2-4-17(5-3-14)29(34)35)10-19-23(31)27-25(33)28(24(19)32)16-6-8-18(9-7-16)30(36)37/h2-12H,13H2,1H3,(H,27,31,33)/b19-10+. The van der Waals surface area contributed by atoms with Gasteiger partial charge in [-0.15, -0.1) is 0 Å². The van der Waals surface area contributed by atoms with Crippen molar-refractivity contribution in [3.8, 4) is 11.5 Å². The fourth-order valence-electron chi connectivity index (χ4n) is 3.61. The summed E-state index contributed by atoms with van der Waals surface area (Å²) in [5.74, 6) is -1.28. The predicted octanol–water partition coefficient (Wildman–Crippen LogP) is 4.52. The van der Waals surface area contributed by atoms with E-state index in [0.29, 0.717) is 26.2 Å². The average Bonchev–Trinajstić information content (AvgIpc) is 2.90. The van der Waals surface area contributed by atoms with E-state index in [2.05, 4.69) is 21.2 Å². The van der Waals surface area contributed by atoms with Gasteiger partial charge >= 0.3 is 6.03 Å². The van der Waals surface area contributed by atoms with Crippen LogP contribution in [0.5, 0.6) is 11.5 Å². The number of methoxy groups -OCH3 is 1. The minimum atomic E-state index is -0.996. The maximum atomic E-state index is 13.1. The quantitative estimate of drug-likeness (QED) is 0.170. The number of hydrogen-bond acceptors (Lipinski definition) is 9. The highest BCUT2D eigenvalue weighted by molar-refractivity contribution is 9.10. The van der Waals surface area contributed by atoms with E-state index >= 15 is 0 Å². The fraction of sp³-hybridized carbons (Fsp3) is 0.0800. The normalized spacial score (nSPS) is 14.3. The van der Waals surface area contributed by atoms with Crippen molar-refractivity contribution in [3.05, 3.63) is 102 Å². The Bertz CT molecular complexity index is 1540. The molecule has 0 saturated carbocycles. The Labute approximate surface area is 228 Å². The van der Waals surface area contributed by atoms with Crippen molar-refractivity contribution in [1.29, 1.82) is 0 Å². The molecular formula is C25H17BrN4O9. The topological polar surface area (TPSA) is 171 Å². The molecule has 4 amide bonds. The van der Waals surface area contributed by atoms with E-state index in [9.17, 15) is 34.6 Å². The van der Waals surface area contributed by atoms with Crippen LogP contribution in [-0.2, 0) is 16.2 Å². The van der Waals surface area contributed by atoms with Crippen LogP contribution < -0.4 is 19.7 Å². The molecule has 0 unspecified atom stereocenters. The zero-order chi connectivity index (χ0) is 28.3. The highest BCUT2D eigenvalue weighted by Crippen LogP contribution is 2.38. The molecule has 1 aliphatic heterocycles. The number of imide groups is 2. The van der Waals surface area contributed by atoms with Crippen LogP contribution in [0, 0.1) is 20.2 Å². The molecule has 1 heterocycles. The summed E-state index contributed by atoms with van der Waals surface area (Å²) in [5.41, 5.74) is 0.421. The molecular weight excluding hydrogens is 580 g/mol. The van der Waals surface area contributed by atoms with Crippen molar-refractivity contribution >= 4 is 56.9 Å². The number of non-ortho nitro benzene ring substituents is 2. The molecule has 1 fully saturated rings. The molecule has 198 valence electrons. The van der Waals surface area contributed by atoms with Gasteiger partial charge in [-0.05, 0) is 69.5 Å². The van der Waals surface area contributed by atoms with Crippen molar-refractivity contribution in [1.82, 2.24) is 5.32 Å². The van der Waals surface area contributed by atoms with Gasteiger partial charge in [0, 0.05) is 24.3 Å². The summed E-state index contributed by atoms with van der Waals surface area (Å²) in [6, 6.07) is 12.6. The number of ether oxygens (including phenoxy) is 2. The van der Waals surface area contributed by atoms with Gasteiger partial charge in [0.15, 0.2) is 11.5 Å². The smallest absolute Gasteiger partial charge is 0.335 e. The molecule has 0 aromatic heterocycles. The van der Waals surface area contributed by atoms with Crippen LogP contribution in [0.1, 0.15) is 11.1 Å². The number of benzene rings is 3. The van der Waals surface area contributed by atoms with Crippen LogP contribution in [0.2, 0.25) is 0 Å². The Morgan fingerprint density at radius 2 is 1.54 bits per heavy atom. The lowest BCUT2D eigenvalue weighted by atomic mass is 10.1. The Kier molecular flexibility index (Phi) is 7.67. The number of nitrogens with one attached hydrogen (secondary N) is 1. The van der Waals surface area contributed by atoms with Gasteiger partial charge in [0.25, 0.3) is 23.2 Å². The minimum absolute atomic E-state index is 0.0373. The number of halogens is 1. The molecule has 1 N–H and O–H groups in total. The van der Waals surface area contributed by atoms with E-state index in [4.69, 9.17) is 9.47 Å². The van der Waals surface area contributed by atoms with Gasteiger partial charge in [0.2, 0.25) is 0 Å². The van der Waals surface area contributed by atoms with Crippen molar-refractivity contribution in [3.63, 3.8) is 0 Å². The molecule has 0 atom stereocenters. The number of amides is 4. The molecule has 13 nitrogen and oxygen atoms in total. The summed E-state index contributed by atoms with van der Waals surface area (Å²) >= 11 is 3.39. The van der Waals surface area contributed by atoms with E-state index in [1.54, 1.807) is 18.2 Å². The van der Waals surface area contributed by atoms with Gasteiger partial charge in [-0.2, -0.15) is 0 Å². The zero-order valence-corrected chi connectivity index (χ0v) is 21.5. The van der Waals surface area contributed by atoms with E-state index in [1.165, 1.54) is 43.5 Å². The van der Waals surface area contributed by atoms with Crippen LogP contribution in [0.3, 0.4) is 0 Å². The highest BCUT2D eigenvalue weighted by atomic mass is 79.9. The number of carbonyl (C=O) groups excluding carboxylic acids is 3. The predicted molar refractivity (Wildman–Crippen MR) is 140 cm³/mol. The second kappa shape index (κ2) is 11.1. The van der Waals surface area contributed by atoms with E-state index in [0.717, 1.165) is 12.1 Å². The molecule has 0 spiro atoms. The van der Waals surface area contributed by atoms with Gasteiger partial charge < -0.3 is 9.47 Å². The monoisotopic (exact) mass is 596 g/mol. The summed E-state index contributed by atoms with van der Waals surface area (Å²) in [5, 5.41) is 23.8. The lowest BCUT2D eigenvalue weighted by molar-refractivity contribution is -0.385. The summed E-state index contributed by atoms with van der Waals surface area (Å²) in [6.07, 6.45) is 1.26. The molecule has 1 aliphatic rings. The number of nitrogens with zero attached hydrogens (tertiary/aromatic N) is 3. The summed E-state index contributed by atoms with van der Waals surface area (Å²) in [4.78, 5) is 59.4. The highest BCUT2D eigenvalue weighted by Gasteiger charge is 2.37. The molecule has 3 aromatic carbocycles. The fourth-order valence-corrected chi connectivity index (χ4v) is 4.19. The third-order valence-corrected chi connectivity index (χ3v) is 6.10. The lowest BCUT2D eigenvalue weighted by Gasteiger charge is -2.26. The average molecular weight is 597 g/mol. The molecule has 1 saturated heterocycles. The maximum absolute atomic E-state index is 13.1. The third kappa shape index (κ3) is 5.75.